The summed E-state index contributed by atoms with van der Waals surface area (Å²) < 4.78 is 24.2. The summed E-state index contributed by atoms with van der Waals surface area (Å²) in [6.07, 6.45) is 3.07. The molecule has 9 heteroatoms. The molecule has 2 aromatic rings. The minimum Gasteiger partial charge on any atom is -0.493 e. The van der Waals surface area contributed by atoms with Gasteiger partial charge in [-0.15, -0.1) is 0 Å². The number of nitrogens with one attached hydrogen (secondary N) is 2. The van der Waals surface area contributed by atoms with Gasteiger partial charge in [0, 0.05) is 18.8 Å². The van der Waals surface area contributed by atoms with Crippen molar-refractivity contribution < 1.29 is 23.5 Å². The van der Waals surface area contributed by atoms with E-state index in [0.717, 1.165) is 11.1 Å². The molecule has 0 saturated heterocycles. The average molecular weight is 462 g/mol. The van der Waals surface area contributed by atoms with Crippen LogP contribution in [0.15, 0.2) is 36.4 Å². The number of urea groups is 1. The molecule has 2 aromatic carbocycles. The van der Waals surface area contributed by atoms with Crippen molar-refractivity contribution in [3.63, 3.8) is 0 Å². The van der Waals surface area contributed by atoms with Crippen LogP contribution in [0.5, 0.6) is 11.5 Å². The van der Waals surface area contributed by atoms with Gasteiger partial charge in [-0.05, 0) is 66.3 Å². The Bertz CT molecular complexity index is 972. The first kappa shape index (κ1) is 23.7. The average Bonchev–Trinajstić information content (AvgIpc) is 2.80. The van der Waals surface area contributed by atoms with Crippen LogP contribution in [0.4, 0.5) is 14.9 Å². The molecule has 2 N–H and O–H groups in total. The lowest BCUT2D eigenvalue weighted by Crippen LogP contribution is -2.50. The summed E-state index contributed by atoms with van der Waals surface area (Å²) in [6, 6.07) is 8.46. The first-order valence-electron chi connectivity index (χ1n) is 10.3. The van der Waals surface area contributed by atoms with Crippen LogP contribution in [0.25, 0.3) is 0 Å². The van der Waals surface area contributed by atoms with Gasteiger partial charge < -0.3 is 25.0 Å². The van der Waals surface area contributed by atoms with E-state index in [4.69, 9.17) is 9.47 Å². The summed E-state index contributed by atoms with van der Waals surface area (Å²) >= 11 is 1.59. The molecule has 0 fully saturated rings. The zero-order valence-corrected chi connectivity index (χ0v) is 19.3. The number of hydrogen-bond acceptors (Lipinski definition) is 5. The molecule has 32 heavy (non-hydrogen) atoms. The maximum absolute atomic E-state index is 13.4. The maximum atomic E-state index is 13.4. The molecule has 1 heterocycles. The van der Waals surface area contributed by atoms with Crippen molar-refractivity contribution in [3.8, 4) is 11.5 Å². The molecule has 0 saturated carbocycles. The smallest absolute Gasteiger partial charge is 0.318 e. The second-order valence-electron chi connectivity index (χ2n) is 7.43. The molecule has 0 bridgehead atoms. The fraction of sp³-hybridized carbons (Fsp3) is 0.391. The van der Waals surface area contributed by atoms with E-state index in [1.54, 1.807) is 36.9 Å². The number of amides is 3. The van der Waals surface area contributed by atoms with E-state index in [9.17, 15) is 14.0 Å². The second-order valence-corrected chi connectivity index (χ2v) is 8.42. The fourth-order valence-electron chi connectivity index (χ4n) is 3.60. The van der Waals surface area contributed by atoms with Crippen molar-refractivity contribution in [1.29, 1.82) is 0 Å². The zero-order valence-electron chi connectivity index (χ0n) is 18.4. The fourth-order valence-corrected chi connectivity index (χ4v) is 4.07. The van der Waals surface area contributed by atoms with Crippen LogP contribution in [0, 0.1) is 5.82 Å². The minimum atomic E-state index is -0.731. The van der Waals surface area contributed by atoms with E-state index in [0.29, 0.717) is 48.9 Å². The Morgan fingerprint density at radius 3 is 2.53 bits per heavy atom. The number of methoxy groups -OCH3 is 2. The lowest BCUT2D eigenvalue weighted by atomic mass is 9.99. The van der Waals surface area contributed by atoms with Gasteiger partial charge in [-0.2, -0.15) is 11.8 Å². The molecular formula is C23H28FN3O4S. The summed E-state index contributed by atoms with van der Waals surface area (Å²) in [5.41, 5.74) is 2.44. The number of carbonyl (C=O) groups excluding carboxylic acids is 2. The van der Waals surface area contributed by atoms with Gasteiger partial charge in [-0.3, -0.25) is 4.79 Å². The first-order valence-corrected chi connectivity index (χ1v) is 11.7. The van der Waals surface area contributed by atoms with Crippen LogP contribution in [0.2, 0.25) is 0 Å². The molecule has 3 rings (SSSR count). The van der Waals surface area contributed by atoms with Crippen LogP contribution in [-0.4, -0.2) is 55.7 Å². The molecule has 172 valence electrons. The van der Waals surface area contributed by atoms with Crippen LogP contribution < -0.4 is 20.1 Å². The number of hydrogen-bond donors (Lipinski definition) is 2. The molecule has 3 amide bonds. The molecular weight excluding hydrogens is 433 g/mol. The second kappa shape index (κ2) is 11.1. The Morgan fingerprint density at radius 2 is 1.88 bits per heavy atom. The minimum absolute atomic E-state index is 0.314. The van der Waals surface area contributed by atoms with Crippen LogP contribution in [0.3, 0.4) is 0 Å². The molecule has 0 unspecified atom stereocenters. The zero-order chi connectivity index (χ0) is 23.1. The highest BCUT2D eigenvalue weighted by Crippen LogP contribution is 2.33. The van der Waals surface area contributed by atoms with Gasteiger partial charge in [-0.25, -0.2) is 9.18 Å². The van der Waals surface area contributed by atoms with Gasteiger partial charge in [-0.1, -0.05) is 6.07 Å². The third kappa shape index (κ3) is 5.85. The number of benzene rings is 2. The van der Waals surface area contributed by atoms with E-state index in [1.807, 2.05) is 18.4 Å². The number of nitrogens with zero attached hydrogens (tertiary/aromatic N) is 1. The van der Waals surface area contributed by atoms with Crippen molar-refractivity contribution in [2.75, 3.05) is 38.1 Å². The predicted molar refractivity (Wildman–Crippen MR) is 124 cm³/mol. The van der Waals surface area contributed by atoms with Gasteiger partial charge >= 0.3 is 6.03 Å². The highest BCUT2D eigenvalue weighted by atomic mass is 32.2. The lowest BCUT2D eigenvalue weighted by molar-refractivity contribution is -0.118. The van der Waals surface area contributed by atoms with E-state index in [2.05, 4.69) is 10.6 Å². The van der Waals surface area contributed by atoms with Crippen molar-refractivity contribution in [2.45, 2.75) is 25.4 Å². The van der Waals surface area contributed by atoms with Crippen LogP contribution in [-0.2, 0) is 17.8 Å². The molecule has 1 aliphatic heterocycles. The lowest BCUT2D eigenvalue weighted by Gasteiger charge is -2.31. The van der Waals surface area contributed by atoms with E-state index in [1.165, 1.54) is 18.2 Å². The Kier molecular flexibility index (Phi) is 8.21. The quantitative estimate of drug-likeness (QED) is 0.627. The Hall–Kier alpha value is -2.94. The van der Waals surface area contributed by atoms with Gasteiger partial charge in [0.15, 0.2) is 11.5 Å². The number of halogens is 1. The molecule has 1 aliphatic rings. The number of fused-ring (bicyclic) bond motifs is 1. The number of carbonyl (C=O) groups is 2. The van der Waals surface area contributed by atoms with E-state index >= 15 is 0 Å². The molecule has 0 spiro atoms. The largest absolute Gasteiger partial charge is 0.493 e. The first-order chi connectivity index (χ1) is 15.4. The summed E-state index contributed by atoms with van der Waals surface area (Å²) in [6.45, 7) is 0.928. The Labute approximate surface area is 191 Å². The van der Waals surface area contributed by atoms with Gasteiger partial charge in [0.05, 0.1) is 14.2 Å². The highest BCUT2D eigenvalue weighted by Gasteiger charge is 2.27. The van der Waals surface area contributed by atoms with Gasteiger partial charge in [0.1, 0.15) is 11.9 Å². The standard InChI is InChI=1S/C23H28FN3O4S/c1-30-20-11-15-7-9-27(14-16(15)12-21(20)31-2)23(29)26-19(8-10-32-3)22(28)25-18-6-4-5-17(24)13-18/h4-6,11-13,19H,7-10,14H2,1-3H3,(H,25,28)(H,26,29)/t19-/m0/s1. The Morgan fingerprint density at radius 1 is 1.16 bits per heavy atom. The number of ether oxygens (including phenoxy) is 2. The van der Waals surface area contributed by atoms with Crippen molar-refractivity contribution in [2.24, 2.45) is 0 Å². The van der Waals surface area contributed by atoms with Crippen molar-refractivity contribution in [3.05, 3.63) is 53.3 Å². The monoisotopic (exact) mass is 461 g/mol. The molecule has 7 nitrogen and oxygen atoms in total. The third-order valence-corrected chi connectivity index (χ3v) is 5.97. The predicted octanol–water partition coefficient (Wildman–Crippen LogP) is 3.67. The number of thioether (sulfide) groups is 1. The normalized spacial score (nSPS) is 13.7. The van der Waals surface area contributed by atoms with E-state index in [-0.39, 0.29) is 11.9 Å². The van der Waals surface area contributed by atoms with Crippen molar-refractivity contribution in [1.82, 2.24) is 10.2 Å². The highest BCUT2D eigenvalue weighted by molar-refractivity contribution is 7.98. The number of anilines is 1. The summed E-state index contributed by atoms with van der Waals surface area (Å²) in [5.74, 6) is 1.16. The maximum Gasteiger partial charge on any atom is 0.318 e. The summed E-state index contributed by atoms with van der Waals surface area (Å²) in [7, 11) is 3.17. The van der Waals surface area contributed by atoms with Crippen molar-refractivity contribution >= 4 is 29.4 Å². The summed E-state index contributed by atoms with van der Waals surface area (Å²) in [5, 5.41) is 5.54. The number of rotatable bonds is 8. The molecule has 0 aromatic heterocycles. The topological polar surface area (TPSA) is 79.9 Å². The molecule has 1 atom stereocenters. The van der Waals surface area contributed by atoms with Crippen LogP contribution >= 0.6 is 11.8 Å². The van der Waals surface area contributed by atoms with Gasteiger partial charge in [0.25, 0.3) is 0 Å². The molecule has 0 aliphatic carbocycles. The SMILES string of the molecule is COc1cc2c(cc1OC)CN(C(=O)N[C@@H](CCSC)C(=O)Nc1cccc(F)c1)CC2. The third-order valence-electron chi connectivity index (χ3n) is 5.32. The summed E-state index contributed by atoms with van der Waals surface area (Å²) in [4.78, 5) is 27.5. The van der Waals surface area contributed by atoms with Gasteiger partial charge in [0.2, 0.25) is 5.91 Å². The van der Waals surface area contributed by atoms with E-state index < -0.39 is 11.9 Å². The Balaban J connectivity index is 1.69. The van der Waals surface area contributed by atoms with Crippen LogP contribution in [0.1, 0.15) is 17.5 Å². The molecule has 0 radical (unpaired) electrons.